The molecule has 1 aromatic carbocycles. The summed E-state index contributed by atoms with van der Waals surface area (Å²) in [6, 6.07) is 7.16. The SMILES string of the molecule is Nc1cccc(NC(=O)CCCOCC2CCCO2)c1. The zero-order chi connectivity index (χ0) is 14.2. The van der Waals surface area contributed by atoms with Crippen molar-refractivity contribution in [1.29, 1.82) is 0 Å². The number of nitrogens with one attached hydrogen (secondary N) is 1. The number of nitrogen functional groups attached to an aromatic ring is 1. The second kappa shape index (κ2) is 7.87. The second-order valence-electron chi connectivity index (χ2n) is 4.99. The third kappa shape index (κ3) is 5.19. The van der Waals surface area contributed by atoms with E-state index >= 15 is 0 Å². The summed E-state index contributed by atoms with van der Waals surface area (Å²) in [5.74, 6) is -0.0173. The highest BCUT2D eigenvalue weighted by Gasteiger charge is 2.15. The topological polar surface area (TPSA) is 73.6 Å². The third-order valence-electron chi connectivity index (χ3n) is 3.19. The van der Waals surface area contributed by atoms with Gasteiger partial charge in [0.05, 0.1) is 12.7 Å². The number of anilines is 2. The fourth-order valence-corrected chi connectivity index (χ4v) is 2.17. The number of carbonyl (C=O) groups is 1. The molecule has 0 saturated carbocycles. The van der Waals surface area contributed by atoms with Crippen LogP contribution in [0.4, 0.5) is 11.4 Å². The molecule has 110 valence electrons. The summed E-state index contributed by atoms with van der Waals surface area (Å²) >= 11 is 0. The van der Waals surface area contributed by atoms with Gasteiger partial charge in [-0.2, -0.15) is 0 Å². The van der Waals surface area contributed by atoms with Crippen molar-refractivity contribution in [3.63, 3.8) is 0 Å². The lowest BCUT2D eigenvalue weighted by molar-refractivity contribution is -0.116. The fourth-order valence-electron chi connectivity index (χ4n) is 2.17. The van der Waals surface area contributed by atoms with Crippen LogP contribution in [0.5, 0.6) is 0 Å². The van der Waals surface area contributed by atoms with E-state index in [1.54, 1.807) is 12.1 Å². The zero-order valence-electron chi connectivity index (χ0n) is 11.6. The quantitative estimate of drug-likeness (QED) is 0.592. The van der Waals surface area contributed by atoms with Crippen LogP contribution in [0, 0.1) is 0 Å². The Morgan fingerprint density at radius 1 is 1.50 bits per heavy atom. The lowest BCUT2D eigenvalue weighted by Crippen LogP contribution is -2.16. The van der Waals surface area contributed by atoms with Crippen LogP contribution < -0.4 is 11.1 Å². The van der Waals surface area contributed by atoms with Gasteiger partial charge in [-0.05, 0) is 37.5 Å². The molecular formula is C15H22N2O3. The van der Waals surface area contributed by atoms with Gasteiger partial charge in [-0.25, -0.2) is 0 Å². The van der Waals surface area contributed by atoms with Gasteiger partial charge in [0, 0.05) is 31.0 Å². The molecule has 1 aliphatic rings. The van der Waals surface area contributed by atoms with Crippen molar-refractivity contribution in [2.75, 3.05) is 30.9 Å². The highest BCUT2D eigenvalue weighted by Crippen LogP contribution is 2.13. The van der Waals surface area contributed by atoms with Crippen LogP contribution in [0.1, 0.15) is 25.7 Å². The molecule has 1 amide bonds. The van der Waals surface area contributed by atoms with Gasteiger partial charge in [0.15, 0.2) is 0 Å². The highest BCUT2D eigenvalue weighted by molar-refractivity contribution is 5.91. The normalized spacial score (nSPS) is 18.1. The van der Waals surface area contributed by atoms with Crippen LogP contribution in [-0.2, 0) is 14.3 Å². The maximum Gasteiger partial charge on any atom is 0.224 e. The van der Waals surface area contributed by atoms with E-state index < -0.39 is 0 Å². The molecule has 1 aliphatic heterocycles. The van der Waals surface area contributed by atoms with Crippen LogP contribution >= 0.6 is 0 Å². The van der Waals surface area contributed by atoms with Crippen LogP contribution in [-0.4, -0.2) is 31.8 Å². The van der Waals surface area contributed by atoms with Gasteiger partial charge in [-0.3, -0.25) is 4.79 Å². The molecule has 0 aromatic heterocycles. The predicted octanol–water partition coefficient (Wildman–Crippen LogP) is 2.18. The van der Waals surface area contributed by atoms with Gasteiger partial charge in [0.2, 0.25) is 5.91 Å². The molecule has 2 rings (SSSR count). The average molecular weight is 278 g/mol. The molecule has 1 fully saturated rings. The van der Waals surface area contributed by atoms with Crippen molar-refractivity contribution in [2.45, 2.75) is 31.8 Å². The number of carbonyl (C=O) groups excluding carboxylic acids is 1. The Bertz CT molecular complexity index is 431. The number of hydrogen-bond acceptors (Lipinski definition) is 4. The Labute approximate surface area is 119 Å². The molecule has 1 saturated heterocycles. The number of rotatable bonds is 7. The maximum absolute atomic E-state index is 11.7. The minimum absolute atomic E-state index is 0.0173. The first kappa shape index (κ1) is 14.8. The number of nitrogens with two attached hydrogens (primary N) is 1. The second-order valence-corrected chi connectivity index (χ2v) is 4.99. The minimum Gasteiger partial charge on any atom is -0.399 e. The van der Waals surface area contributed by atoms with Crippen molar-refractivity contribution >= 4 is 17.3 Å². The van der Waals surface area contributed by atoms with Gasteiger partial charge in [-0.1, -0.05) is 6.07 Å². The summed E-state index contributed by atoms with van der Waals surface area (Å²) in [5.41, 5.74) is 7.02. The molecule has 5 nitrogen and oxygen atoms in total. The van der Waals surface area contributed by atoms with Crippen molar-refractivity contribution < 1.29 is 14.3 Å². The maximum atomic E-state index is 11.7. The molecule has 0 bridgehead atoms. The first-order chi connectivity index (χ1) is 9.74. The summed E-state index contributed by atoms with van der Waals surface area (Å²) in [6.07, 6.45) is 3.60. The lowest BCUT2D eigenvalue weighted by Gasteiger charge is -2.10. The van der Waals surface area contributed by atoms with Crippen molar-refractivity contribution in [1.82, 2.24) is 0 Å². The largest absolute Gasteiger partial charge is 0.399 e. The van der Waals surface area contributed by atoms with Gasteiger partial charge < -0.3 is 20.5 Å². The van der Waals surface area contributed by atoms with Crippen molar-refractivity contribution in [3.8, 4) is 0 Å². The van der Waals surface area contributed by atoms with Gasteiger partial charge in [0.25, 0.3) is 0 Å². The van der Waals surface area contributed by atoms with Crippen LogP contribution in [0.25, 0.3) is 0 Å². The van der Waals surface area contributed by atoms with Gasteiger partial charge in [-0.15, -0.1) is 0 Å². The molecule has 0 spiro atoms. The van der Waals surface area contributed by atoms with Crippen molar-refractivity contribution in [2.24, 2.45) is 0 Å². The van der Waals surface area contributed by atoms with E-state index in [9.17, 15) is 4.79 Å². The molecule has 0 radical (unpaired) electrons. The molecule has 5 heteroatoms. The third-order valence-corrected chi connectivity index (χ3v) is 3.19. The number of amides is 1. The summed E-state index contributed by atoms with van der Waals surface area (Å²) in [4.78, 5) is 11.7. The molecule has 1 aromatic rings. The van der Waals surface area contributed by atoms with E-state index in [-0.39, 0.29) is 12.0 Å². The van der Waals surface area contributed by atoms with E-state index in [0.717, 1.165) is 25.1 Å². The highest BCUT2D eigenvalue weighted by atomic mass is 16.5. The Balaban J connectivity index is 1.55. The predicted molar refractivity (Wildman–Crippen MR) is 78.5 cm³/mol. The van der Waals surface area contributed by atoms with Crippen LogP contribution in [0.15, 0.2) is 24.3 Å². The van der Waals surface area contributed by atoms with Gasteiger partial charge >= 0.3 is 0 Å². The van der Waals surface area contributed by atoms with Crippen LogP contribution in [0.2, 0.25) is 0 Å². The van der Waals surface area contributed by atoms with E-state index in [1.807, 2.05) is 12.1 Å². The molecule has 0 aliphatic carbocycles. The molecule has 3 N–H and O–H groups in total. The van der Waals surface area contributed by atoms with Crippen molar-refractivity contribution in [3.05, 3.63) is 24.3 Å². The standard InChI is InChI=1S/C15H22N2O3/c16-12-4-1-5-13(10-12)17-15(18)7-3-8-19-11-14-6-2-9-20-14/h1,4-5,10,14H,2-3,6-9,11,16H2,(H,17,18). The molecule has 1 atom stereocenters. The molecule has 1 heterocycles. The molecule has 20 heavy (non-hydrogen) atoms. The Morgan fingerprint density at radius 2 is 2.40 bits per heavy atom. The zero-order valence-corrected chi connectivity index (χ0v) is 11.6. The Hall–Kier alpha value is -1.59. The first-order valence-electron chi connectivity index (χ1n) is 7.09. The molecular weight excluding hydrogens is 256 g/mol. The summed E-state index contributed by atoms with van der Waals surface area (Å²) < 4.78 is 11.0. The smallest absolute Gasteiger partial charge is 0.224 e. The first-order valence-corrected chi connectivity index (χ1v) is 7.09. The Morgan fingerprint density at radius 3 is 3.15 bits per heavy atom. The van der Waals surface area contributed by atoms with Gasteiger partial charge in [0.1, 0.15) is 0 Å². The van der Waals surface area contributed by atoms with E-state index in [4.69, 9.17) is 15.2 Å². The summed E-state index contributed by atoms with van der Waals surface area (Å²) in [7, 11) is 0. The Kier molecular flexibility index (Phi) is 5.83. The van der Waals surface area contributed by atoms with E-state index in [2.05, 4.69) is 5.32 Å². The van der Waals surface area contributed by atoms with E-state index in [0.29, 0.717) is 31.7 Å². The molecule has 1 unspecified atom stereocenters. The lowest BCUT2D eigenvalue weighted by atomic mass is 10.2. The summed E-state index contributed by atoms with van der Waals surface area (Å²) in [5, 5.41) is 2.82. The number of ether oxygens (including phenoxy) is 2. The number of hydrogen-bond donors (Lipinski definition) is 2. The number of benzene rings is 1. The minimum atomic E-state index is -0.0173. The van der Waals surface area contributed by atoms with Crippen LogP contribution in [0.3, 0.4) is 0 Å². The summed E-state index contributed by atoms with van der Waals surface area (Å²) in [6.45, 7) is 2.07. The average Bonchev–Trinajstić information content (AvgIpc) is 2.91. The monoisotopic (exact) mass is 278 g/mol. The van der Waals surface area contributed by atoms with E-state index in [1.165, 1.54) is 0 Å². The fraction of sp³-hybridized carbons (Fsp3) is 0.533.